The molecule has 138 valence electrons. The Kier molecular flexibility index (Phi) is 5.89. The molecule has 0 radical (unpaired) electrons. The fraction of sp³-hybridized carbons (Fsp3) is 0.556. The quantitative estimate of drug-likeness (QED) is 0.773. The summed E-state index contributed by atoms with van der Waals surface area (Å²) in [5, 5.41) is 15.2. The van der Waals surface area contributed by atoms with Gasteiger partial charge in [-0.25, -0.2) is 4.79 Å². The van der Waals surface area contributed by atoms with Gasteiger partial charge in [-0.1, -0.05) is 0 Å². The predicted molar refractivity (Wildman–Crippen MR) is 97.5 cm³/mol. The van der Waals surface area contributed by atoms with E-state index in [1.54, 1.807) is 26.8 Å². The van der Waals surface area contributed by atoms with Crippen molar-refractivity contribution < 1.29 is 19.4 Å². The lowest BCUT2D eigenvalue weighted by Crippen LogP contribution is -2.44. The van der Waals surface area contributed by atoms with Crippen LogP contribution in [-0.2, 0) is 16.0 Å². The van der Waals surface area contributed by atoms with Gasteiger partial charge in [0.25, 0.3) is 0 Å². The summed E-state index contributed by atoms with van der Waals surface area (Å²) in [6.45, 7) is 10.7. The van der Waals surface area contributed by atoms with Crippen LogP contribution >= 0.6 is 0 Å². The number of carbonyl (C=O) groups excluding carboxylic acids is 1. The van der Waals surface area contributed by atoms with Gasteiger partial charge in [0.05, 0.1) is 6.42 Å². The fourth-order valence-electron chi connectivity index (χ4n) is 2.83. The van der Waals surface area contributed by atoms with E-state index < -0.39 is 17.7 Å². The Balaban J connectivity index is 2.31. The highest BCUT2D eigenvalue weighted by Gasteiger charge is 2.20. The number of hydrogen-bond acceptors (Lipinski definition) is 5. The number of anilines is 2. The second-order valence-corrected chi connectivity index (χ2v) is 7.21. The first-order valence-corrected chi connectivity index (χ1v) is 8.47. The molecule has 1 saturated heterocycles. The van der Waals surface area contributed by atoms with Crippen molar-refractivity contribution >= 4 is 23.4 Å². The van der Waals surface area contributed by atoms with Crippen LogP contribution < -0.4 is 15.5 Å². The Bertz CT molecular complexity index is 646. The Hall–Kier alpha value is -2.28. The maximum atomic E-state index is 12.1. The minimum Gasteiger partial charge on any atom is -0.481 e. The van der Waals surface area contributed by atoms with Crippen LogP contribution in [0.15, 0.2) is 12.1 Å². The summed E-state index contributed by atoms with van der Waals surface area (Å²) in [4.78, 5) is 25.5. The number of benzene rings is 1. The Morgan fingerprint density at radius 3 is 2.48 bits per heavy atom. The molecule has 0 atom stereocenters. The van der Waals surface area contributed by atoms with Gasteiger partial charge >= 0.3 is 12.1 Å². The lowest BCUT2D eigenvalue weighted by Gasteiger charge is -2.32. The standard InChI is InChI=1S/C18H27N3O4/c1-12-13(10-16(22)23)9-14(20-17(24)25-18(2,3)4)11-15(12)21-7-5-19-6-8-21/h9,11,19H,5-8,10H2,1-4H3,(H,20,24)(H,22,23). The third kappa shape index (κ3) is 5.63. The molecular formula is C18H27N3O4. The van der Waals surface area contributed by atoms with Gasteiger partial charge < -0.3 is 20.1 Å². The SMILES string of the molecule is Cc1c(CC(=O)O)cc(NC(=O)OC(C)(C)C)cc1N1CCNCC1. The monoisotopic (exact) mass is 349 g/mol. The minimum absolute atomic E-state index is 0.0885. The molecule has 0 saturated carbocycles. The Labute approximate surface area is 148 Å². The summed E-state index contributed by atoms with van der Waals surface area (Å²) >= 11 is 0. The van der Waals surface area contributed by atoms with E-state index in [1.165, 1.54) is 0 Å². The average Bonchev–Trinajstić information content (AvgIpc) is 2.48. The number of carbonyl (C=O) groups is 2. The normalized spacial score (nSPS) is 15.0. The molecule has 1 heterocycles. The van der Waals surface area contributed by atoms with Crippen LogP contribution in [0.25, 0.3) is 0 Å². The second-order valence-electron chi connectivity index (χ2n) is 7.21. The van der Waals surface area contributed by atoms with E-state index in [2.05, 4.69) is 15.5 Å². The molecule has 3 N–H and O–H groups in total. The lowest BCUT2D eigenvalue weighted by molar-refractivity contribution is -0.136. The molecule has 0 bridgehead atoms. The molecule has 1 aromatic carbocycles. The Morgan fingerprint density at radius 2 is 1.92 bits per heavy atom. The van der Waals surface area contributed by atoms with Gasteiger partial charge in [-0.3, -0.25) is 10.1 Å². The van der Waals surface area contributed by atoms with Crippen molar-refractivity contribution in [1.29, 1.82) is 0 Å². The lowest BCUT2D eigenvalue weighted by atomic mass is 10.0. The number of nitrogens with one attached hydrogen (secondary N) is 2. The van der Waals surface area contributed by atoms with E-state index >= 15 is 0 Å². The van der Waals surface area contributed by atoms with Crippen LogP contribution in [0.2, 0.25) is 0 Å². The zero-order valence-electron chi connectivity index (χ0n) is 15.3. The van der Waals surface area contributed by atoms with Crippen LogP contribution in [0.1, 0.15) is 31.9 Å². The van der Waals surface area contributed by atoms with Crippen molar-refractivity contribution in [2.45, 2.75) is 39.7 Å². The molecule has 0 unspecified atom stereocenters. The van der Waals surface area contributed by atoms with Crippen molar-refractivity contribution in [2.24, 2.45) is 0 Å². The van der Waals surface area contributed by atoms with E-state index in [0.29, 0.717) is 11.3 Å². The third-order valence-electron chi connectivity index (χ3n) is 3.93. The predicted octanol–water partition coefficient (Wildman–Crippen LogP) is 2.38. The van der Waals surface area contributed by atoms with Gasteiger partial charge in [0, 0.05) is 37.6 Å². The first-order valence-electron chi connectivity index (χ1n) is 8.47. The summed E-state index contributed by atoms with van der Waals surface area (Å²) in [6, 6.07) is 3.59. The van der Waals surface area contributed by atoms with Crippen molar-refractivity contribution in [3.8, 4) is 0 Å². The van der Waals surface area contributed by atoms with Gasteiger partial charge in [-0.05, 0) is 51.0 Å². The fourth-order valence-corrected chi connectivity index (χ4v) is 2.83. The van der Waals surface area contributed by atoms with Crippen LogP contribution in [0, 0.1) is 6.92 Å². The van der Waals surface area contributed by atoms with Crippen LogP contribution in [-0.4, -0.2) is 48.9 Å². The molecule has 25 heavy (non-hydrogen) atoms. The molecule has 0 aromatic heterocycles. The number of hydrogen-bond donors (Lipinski definition) is 3. The summed E-state index contributed by atoms with van der Waals surface area (Å²) in [5.74, 6) is -0.899. The molecule has 0 aliphatic carbocycles. The van der Waals surface area contributed by atoms with E-state index in [9.17, 15) is 14.7 Å². The summed E-state index contributed by atoms with van der Waals surface area (Å²) < 4.78 is 5.29. The van der Waals surface area contributed by atoms with E-state index in [0.717, 1.165) is 37.4 Å². The highest BCUT2D eigenvalue weighted by molar-refractivity contribution is 5.87. The molecule has 7 heteroatoms. The maximum absolute atomic E-state index is 12.1. The van der Waals surface area contributed by atoms with Gasteiger partial charge in [0.1, 0.15) is 5.60 Å². The highest BCUT2D eigenvalue weighted by atomic mass is 16.6. The summed E-state index contributed by atoms with van der Waals surface area (Å²) in [5.41, 5.74) is 2.52. The number of rotatable bonds is 4. The third-order valence-corrected chi connectivity index (χ3v) is 3.93. The zero-order valence-corrected chi connectivity index (χ0v) is 15.3. The smallest absolute Gasteiger partial charge is 0.412 e. The van der Waals surface area contributed by atoms with Crippen molar-refractivity contribution in [2.75, 3.05) is 36.4 Å². The van der Waals surface area contributed by atoms with Gasteiger partial charge in [-0.2, -0.15) is 0 Å². The molecule has 1 aliphatic heterocycles. The number of carboxylic acids is 1. The highest BCUT2D eigenvalue weighted by Crippen LogP contribution is 2.29. The molecule has 1 aliphatic rings. The molecular weight excluding hydrogens is 322 g/mol. The summed E-state index contributed by atoms with van der Waals surface area (Å²) in [6.07, 6.45) is -0.640. The van der Waals surface area contributed by atoms with Gasteiger partial charge in [0.2, 0.25) is 0 Å². The maximum Gasteiger partial charge on any atom is 0.412 e. The zero-order chi connectivity index (χ0) is 18.6. The largest absolute Gasteiger partial charge is 0.481 e. The topological polar surface area (TPSA) is 90.9 Å². The Morgan fingerprint density at radius 1 is 1.28 bits per heavy atom. The van der Waals surface area contributed by atoms with E-state index in [1.807, 2.05) is 13.0 Å². The number of ether oxygens (including phenoxy) is 1. The van der Waals surface area contributed by atoms with Crippen molar-refractivity contribution in [1.82, 2.24) is 5.32 Å². The van der Waals surface area contributed by atoms with Crippen LogP contribution in [0.3, 0.4) is 0 Å². The van der Waals surface area contributed by atoms with Gasteiger partial charge in [-0.15, -0.1) is 0 Å². The second kappa shape index (κ2) is 7.74. The van der Waals surface area contributed by atoms with E-state index in [-0.39, 0.29) is 6.42 Å². The minimum atomic E-state index is -0.899. The number of carboxylic acid groups (broad SMARTS) is 1. The molecule has 2 rings (SSSR count). The molecule has 1 amide bonds. The first kappa shape index (κ1) is 19.1. The van der Waals surface area contributed by atoms with Gasteiger partial charge in [0.15, 0.2) is 0 Å². The molecule has 1 aromatic rings. The van der Waals surface area contributed by atoms with Crippen LogP contribution in [0.5, 0.6) is 0 Å². The molecule has 1 fully saturated rings. The van der Waals surface area contributed by atoms with Crippen LogP contribution in [0.4, 0.5) is 16.2 Å². The molecule has 0 spiro atoms. The molecule has 7 nitrogen and oxygen atoms in total. The van der Waals surface area contributed by atoms with Crippen molar-refractivity contribution in [3.05, 3.63) is 23.3 Å². The first-order chi connectivity index (χ1) is 11.7. The number of aliphatic carboxylic acids is 1. The number of nitrogens with zero attached hydrogens (tertiary/aromatic N) is 1. The summed E-state index contributed by atoms with van der Waals surface area (Å²) in [7, 11) is 0. The van der Waals surface area contributed by atoms with Crippen molar-refractivity contribution in [3.63, 3.8) is 0 Å². The number of piperazine rings is 1. The number of amides is 1. The van der Waals surface area contributed by atoms with E-state index in [4.69, 9.17) is 4.74 Å². The average molecular weight is 349 g/mol.